The van der Waals surface area contributed by atoms with Crippen LogP contribution >= 0.6 is 0 Å². The first-order chi connectivity index (χ1) is 16.1. The van der Waals surface area contributed by atoms with Gasteiger partial charge in [-0.15, -0.1) is 0 Å². The lowest BCUT2D eigenvalue weighted by molar-refractivity contribution is -0.143. The van der Waals surface area contributed by atoms with E-state index in [1.54, 1.807) is 19.1 Å². The van der Waals surface area contributed by atoms with Gasteiger partial charge in [0, 0.05) is 31.3 Å². The third-order valence-electron chi connectivity index (χ3n) is 5.98. The van der Waals surface area contributed by atoms with E-state index in [-0.39, 0.29) is 18.2 Å². The number of hydrogen-bond acceptors (Lipinski definition) is 4. The number of halogens is 1. The zero-order chi connectivity index (χ0) is 23.0. The van der Waals surface area contributed by atoms with Gasteiger partial charge in [0.1, 0.15) is 18.2 Å². The highest BCUT2D eigenvalue weighted by Crippen LogP contribution is 2.32. The lowest BCUT2D eigenvalue weighted by Crippen LogP contribution is -2.29. The summed E-state index contributed by atoms with van der Waals surface area (Å²) in [4.78, 5) is 14.0. The van der Waals surface area contributed by atoms with Crippen LogP contribution in [0, 0.1) is 5.82 Å². The largest absolute Gasteiger partial charge is 0.489 e. The molecule has 5 heteroatoms. The van der Waals surface area contributed by atoms with Crippen LogP contribution in [-0.4, -0.2) is 19.1 Å². The molecule has 0 N–H and O–H groups in total. The van der Waals surface area contributed by atoms with Crippen molar-refractivity contribution in [2.24, 2.45) is 0 Å². The zero-order valence-corrected chi connectivity index (χ0v) is 19.1. The minimum atomic E-state index is -0.360. The molecule has 33 heavy (non-hydrogen) atoms. The van der Waals surface area contributed by atoms with Crippen molar-refractivity contribution in [2.45, 2.75) is 45.8 Å². The van der Waals surface area contributed by atoms with E-state index in [1.807, 2.05) is 6.07 Å². The van der Waals surface area contributed by atoms with Gasteiger partial charge in [0.25, 0.3) is 0 Å². The van der Waals surface area contributed by atoms with Gasteiger partial charge in [-0.25, -0.2) is 4.39 Å². The Morgan fingerprint density at radius 1 is 1.03 bits per heavy atom. The highest BCUT2D eigenvalue weighted by atomic mass is 19.1. The number of anilines is 1. The van der Waals surface area contributed by atoms with Crippen LogP contribution in [0.3, 0.4) is 0 Å². The van der Waals surface area contributed by atoms with Crippen molar-refractivity contribution in [3.8, 4) is 5.75 Å². The predicted molar refractivity (Wildman–Crippen MR) is 128 cm³/mol. The van der Waals surface area contributed by atoms with E-state index in [4.69, 9.17) is 9.47 Å². The van der Waals surface area contributed by atoms with Crippen LogP contribution in [0.25, 0.3) is 0 Å². The van der Waals surface area contributed by atoms with Crippen molar-refractivity contribution in [1.82, 2.24) is 0 Å². The van der Waals surface area contributed by atoms with Crippen LogP contribution in [0.4, 0.5) is 10.1 Å². The van der Waals surface area contributed by atoms with Crippen LogP contribution in [0.1, 0.15) is 42.0 Å². The first-order valence-corrected chi connectivity index (χ1v) is 11.6. The normalized spacial score (nSPS) is 12.8. The second-order valence-corrected chi connectivity index (χ2v) is 8.27. The zero-order valence-electron chi connectivity index (χ0n) is 19.1. The molecule has 0 saturated heterocycles. The first-order valence-electron chi connectivity index (χ1n) is 11.6. The topological polar surface area (TPSA) is 38.8 Å². The summed E-state index contributed by atoms with van der Waals surface area (Å²) in [6.07, 6.45) is 2.59. The number of hydrogen-bond donors (Lipinski definition) is 0. The average molecular weight is 448 g/mol. The molecule has 0 bridgehead atoms. The summed E-state index contributed by atoms with van der Waals surface area (Å²) >= 11 is 0. The number of aryl methyl sites for hydroxylation is 1. The number of carbonyl (C=O) groups is 1. The van der Waals surface area contributed by atoms with Gasteiger partial charge in [0.05, 0.1) is 6.61 Å². The summed E-state index contributed by atoms with van der Waals surface area (Å²) in [7, 11) is 0. The monoisotopic (exact) mass is 447 g/mol. The molecule has 0 unspecified atom stereocenters. The predicted octanol–water partition coefficient (Wildman–Crippen LogP) is 5.85. The Balaban J connectivity index is 1.41. The van der Waals surface area contributed by atoms with E-state index in [9.17, 15) is 9.18 Å². The fourth-order valence-electron chi connectivity index (χ4n) is 4.33. The Hall–Kier alpha value is -3.34. The Morgan fingerprint density at radius 2 is 1.88 bits per heavy atom. The molecule has 3 aromatic carbocycles. The molecule has 1 heterocycles. The minimum Gasteiger partial charge on any atom is -0.489 e. The standard InChI is InChI=1S/C28H30FNO3/c1-2-32-28(31)16-14-22-13-15-24(18-26(22)29)33-20-23-10-6-12-27-25(23)11-7-17-30(27)19-21-8-4-3-5-9-21/h3-6,8-10,12-13,15,18H,2,7,11,14,16-17,19-20H2,1H3. The molecule has 0 saturated carbocycles. The van der Waals surface area contributed by atoms with E-state index in [0.29, 0.717) is 30.9 Å². The Labute approximate surface area is 195 Å². The number of rotatable bonds is 9. The Kier molecular flexibility index (Phi) is 7.61. The molecule has 0 aliphatic carbocycles. The van der Waals surface area contributed by atoms with Gasteiger partial charge in [0.2, 0.25) is 0 Å². The highest BCUT2D eigenvalue weighted by molar-refractivity contribution is 5.69. The van der Waals surface area contributed by atoms with Crippen molar-refractivity contribution in [2.75, 3.05) is 18.1 Å². The lowest BCUT2D eigenvalue weighted by atomic mass is 9.96. The smallest absolute Gasteiger partial charge is 0.306 e. The van der Waals surface area contributed by atoms with E-state index in [2.05, 4.69) is 47.4 Å². The molecule has 0 spiro atoms. The molecule has 0 atom stereocenters. The van der Waals surface area contributed by atoms with Gasteiger partial charge in [-0.3, -0.25) is 4.79 Å². The number of carbonyl (C=O) groups excluding carboxylic acids is 1. The van der Waals surface area contributed by atoms with Gasteiger partial charge in [-0.2, -0.15) is 0 Å². The third-order valence-corrected chi connectivity index (χ3v) is 5.98. The molecule has 0 amide bonds. The molecule has 1 aliphatic rings. The summed E-state index contributed by atoms with van der Waals surface area (Å²) in [5.41, 5.74) is 5.49. The van der Waals surface area contributed by atoms with Crippen LogP contribution in [-0.2, 0) is 35.5 Å². The van der Waals surface area contributed by atoms with E-state index in [1.165, 1.54) is 22.9 Å². The summed E-state index contributed by atoms with van der Waals surface area (Å²) in [6, 6.07) is 21.7. The molecular weight excluding hydrogens is 417 g/mol. The summed E-state index contributed by atoms with van der Waals surface area (Å²) in [6.45, 7) is 4.40. The average Bonchev–Trinajstić information content (AvgIpc) is 2.83. The van der Waals surface area contributed by atoms with E-state index >= 15 is 0 Å². The highest BCUT2D eigenvalue weighted by Gasteiger charge is 2.20. The quantitative estimate of drug-likeness (QED) is 0.386. The van der Waals surface area contributed by atoms with Gasteiger partial charge in [-0.1, -0.05) is 48.5 Å². The summed E-state index contributed by atoms with van der Waals surface area (Å²) in [5.74, 6) is -0.185. The maximum absolute atomic E-state index is 14.5. The molecule has 3 aromatic rings. The molecule has 4 nitrogen and oxygen atoms in total. The van der Waals surface area contributed by atoms with Gasteiger partial charge < -0.3 is 14.4 Å². The fraction of sp³-hybridized carbons (Fsp3) is 0.321. The molecule has 0 fully saturated rings. The van der Waals surface area contributed by atoms with Gasteiger partial charge in [0.15, 0.2) is 0 Å². The second-order valence-electron chi connectivity index (χ2n) is 8.27. The lowest BCUT2D eigenvalue weighted by Gasteiger charge is -2.32. The van der Waals surface area contributed by atoms with Crippen molar-refractivity contribution >= 4 is 11.7 Å². The second kappa shape index (κ2) is 11.0. The Morgan fingerprint density at radius 3 is 2.67 bits per heavy atom. The first kappa shape index (κ1) is 22.8. The van der Waals surface area contributed by atoms with Crippen molar-refractivity contribution in [3.05, 3.63) is 94.8 Å². The molecule has 0 radical (unpaired) electrons. The van der Waals surface area contributed by atoms with Crippen LogP contribution in [0.15, 0.2) is 66.7 Å². The van der Waals surface area contributed by atoms with Crippen molar-refractivity contribution < 1.29 is 18.7 Å². The fourth-order valence-corrected chi connectivity index (χ4v) is 4.33. The Bertz CT molecular complexity index is 1080. The molecular formula is C28H30FNO3. The van der Waals surface area contributed by atoms with Crippen LogP contribution in [0.2, 0.25) is 0 Å². The maximum atomic E-state index is 14.5. The maximum Gasteiger partial charge on any atom is 0.306 e. The van der Waals surface area contributed by atoms with Gasteiger partial charge in [-0.05, 0) is 60.6 Å². The van der Waals surface area contributed by atoms with Gasteiger partial charge >= 0.3 is 5.97 Å². The SMILES string of the molecule is CCOC(=O)CCc1ccc(OCc2cccc3c2CCCN3Cc2ccccc2)cc1F. The minimum absolute atomic E-state index is 0.167. The molecule has 172 valence electrons. The summed E-state index contributed by atoms with van der Waals surface area (Å²) < 4.78 is 25.4. The third kappa shape index (κ3) is 5.92. The number of fused-ring (bicyclic) bond motifs is 1. The summed E-state index contributed by atoms with van der Waals surface area (Å²) in [5, 5.41) is 0. The molecule has 1 aliphatic heterocycles. The number of benzene rings is 3. The van der Waals surface area contributed by atoms with E-state index < -0.39 is 0 Å². The van der Waals surface area contributed by atoms with Crippen LogP contribution in [0.5, 0.6) is 5.75 Å². The van der Waals surface area contributed by atoms with Crippen molar-refractivity contribution in [3.63, 3.8) is 0 Å². The van der Waals surface area contributed by atoms with E-state index in [0.717, 1.165) is 31.5 Å². The number of nitrogens with zero attached hydrogens (tertiary/aromatic N) is 1. The number of esters is 1. The molecule has 4 rings (SSSR count). The van der Waals surface area contributed by atoms with Crippen LogP contribution < -0.4 is 9.64 Å². The van der Waals surface area contributed by atoms with Crippen molar-refractivity contribution in [1.29, 1.82) is 0 Å². The molecule has 0 aromatic heterocycles. The number of ether oxygens (including phenoxy) is 2.